The van der Waals surface area contributed by atoms with E-state index in [4.69, 9.17) is 14.2 Å². The Morgan fingerprint density at radius 1 is 0.969 bits per heavy atom. The zero-order chi connectivity index (χ0) is 21.9. The summed E-state index contributed by atoms with van der Waals surface area (Å²) in [5.74, 6) is 2.68. The summed E-state index contributed by atoms with van der Waals surface area (Å²) in [6, 6.07) is 14.4. The van der Waals surface area contributed by atoms with Gasteiger partial charge in [-0.15, -0.1) is 0 Å². The highest BCUT2D eigenvalue weighted by Gasteiger charge is 2.32. The topological polar surface area (TPSA) is 54.5 Å². The number of hydrogen-bond donors (Lipinski definition) is 0. The minimum absolute atomic E-state index is 0.124. The molecule has 3 aliphatic rings. The smallest absolute Gasteiger partial charge is 0.237 e. The molecule has 170 valence electrons. The van der Waals surface area contributed by atoms with Crippen LogP contribution in [0.4, 0.5) is 5.69 Å². The van der Waals surface area contributed by atoms with Crippen molar-refractivity contribution in [3.8, 4) is 17.2 Å². The van der Waals surface area contributed by atoms with Crippen LogP contribution in [-0.4, -0.2) is 75.3 Å². The van der Waals surface area contributed by atoms with E-state index < -0.39 is 0 Å². The fourth-order valence-corrected chi connectivity index (χ4v) is 4.92. The van der Waals surface area contributed by atoms with Gasteiger partial charge in [-0.3, -0.25) is 9.69 Å². The molecule has 0 bridgehead atoms. The first-order valence-electron chi connectivity index (χ1n) is 11.5. The van der Waals surface area contributed by atoms with Gasteiger partial charge in [0, 0.05) is 38.4 Å². The second-order valence-electron chi connectivity index (χ2n) is 8.61. The molecule has 0 saturated carbocycles. The lowest BCUT2D eigenvalue weighted by molar-refractivity contribution is -0.133. The molecule has 3 heterocycles. The molecule has 0 aromatic heterocycles. The van der Waals surface area contributed by atoms with Crippen LogP contribution in [0.15, 0.2) is 42.5 Å². The number of ether oxygens (including phenoxy) is 3. The van der Waals surface area contributed by atoms with Gasteiger partial charge in [-0.1, -0.05) is 6.07 Å². The summed E-state index contributed by atoms with van der Waals surface area (Å²) in [6.07, 6.45) is 2.03. The molecule has 1 amide bonds. The number of nitrogens with zero attached hydrogens (tertiary/aromatic N) is 3. The van der Waals surface area contributed by atoms with Gasteiger partial charge in [0.15, 0.2) is 11.5 Å². The zero-order valence-electron chi connectivity index (χ0n) is 18.7. The van der Waals surface area contributed by atoms with Crippen LogP contribution in [0.2, 0.25) is 0 Å². The number of benzene rings is 2. The fourth-order valence-electron chi connectivity index (χ4n) is 4.92. The Kier molecular flexibility index (Phi) is 6.08. The SMILES string of the molecule is COc1ccc(N2CCN(CC(=O)N3CCCC3c3ccc4c(c3)OCCO4)CC2)cc1. The minimum Gasteiger partial charge on any atom is -0.497 e. The molecule has 2 saturated heterocycles. The highest BCUT2D eigenvalue weighted by molar-refractivity contribution is 5.79. The Labute approximate surface area is 189 Å². The average Bonchev–Trinajstić information content (AvgIpc) is 3.35. The van der Waals surface area contributed by atoms with E-state index in [1.165, 1.54) is 5.69 Å². The van der Waals surface area contributed by atoms with Gasteiger partial charge in [0.1, 0.15) is 19.0 Å². The molecule has 0 aliphatic carbocycles. The lowest BCUT2D eigenvalue weighted by atomic mass is 10.0. The van der Waals surface area contributed by atoms with Gasteiger partial charge >= 0.3 is 0 Å². The predicted octanol–water partition coefficient (Wildman–Crippen LogP) is 2.95. The summed E-state index contributed by atoms with van der Waals surface area (Å²) in [6.45, 7) is 6.09. The van der Waals surface area contributed by atoms with Gasteiger partial charge < -0.3 is 24.0 Å². The third-order valence-electron chi connectivity index (χ3n) is 6.69. The molecule has 1 unspecified atom stereocenters. The van der Waals surface area contributed by atoms with Crippen molar-refractivity contribution in [2.45, 2.75) is 18.9 Å². The minimum atomic E-state index is 0.124. The van der Waals surface area contributed by atoms with E-state index in [0.717, 1.165) is 68.4 Å². The Hall–Kier alpha value is -2.93. The lowest BCUT2D eigenvalue weighted by Crippen LogP contribution is -2.50. The maximum atomic E-state index is 13.2. The summed E-state index contributed by atoms with van der Waals surface area (Å²) < 4.78 is 16.6. The number of rotatable bonds is 5. The molecule has 3 aliphatic heterocycles. The number of hydrogen-bond acceptors (Lipinski definition) is 6. The van der Waals surface area contributed by atoms with Crippen molar-refractivity contribution >= 4 is 11.6 Å². The molecule has 0 radical (unpaired) electrons. The van der Waals surface area contributed by atoms with E-state index in [-0.39, 0.29) is 11.9 Å². The predicted molar refractivity (Wildman–Crippen MR) is 123 cm³/mol. The molecule has 0 N–H and O–H groups in total. The van der Waals surface area contributed by atoms with E-state index >= 15 is 0 Å². The van der Waals surface area contributed by atoms with Gasteiger partial charge in [0.2, 0.25) is 5.91 Å². The van der Waals surface area contributed by atoms with Gasteiger partial charge in [-0.25, -0.2) is 0 Å². The number of amides is 1. The number of anilines is 1. The van der Waals surface area contributed by atoms with Crippen molar-refractivity contribution < 1.29 is 19.0 Å². The van der Waals surface area contributed by atoms with E-state index in [1.807, 2.05) is 18.2 Å². The number of carbonyl (C=O) groups is 1. The summed E-state index contributed by atoms with van der Waals surface area (Å²) >= 11 is 0. The van der Waals surface area contributed by atoms with Crippen LogP contribution in [0.5, 0.6) is 17.2 Å². The zero-order valence-corrected chi connectivity index (χ0v) is 18.7. The Morgan fingerprint density at radius 2 is 1.72 bits per heavy atom. The number of piperazine rings is 1. The first kappa shape index (κ1) is 20.9. The highest BCUT2D eigenvalue weighted by Crippen LogP contribution is 2.38. The van der Waals surface area contributed by atoms with E-state index in [2.05, 4.69) is 39.0 Å². The van der Waals surface area contributed by atoms with Crippen molar-refractivity contribution in [3.63, 3.8) is 0 Å². The third kappa shape index (κ3) is 4.35. The van der Waals surface area contributed by atoms with Gasteiger partial charge in [0.05, 0.1) is 19.7 Å². The van der Waals surface area contributed by atoms with Crippen LogP contribution < -0.4 is 19.1 Å². The van der Waals surface area contributed by atoms with Crippen LogP contribution in [0.3, 0.4) is 0 Å². The molecule has 0 spiro atoms. The second kappa shape index (κ2) is 9.28. The van der Waals surface area contributed by atoms with E-state index in [0.29, 0.717) is 19.8 Å². The molecule has 2 fully saturated rings. The number of fused-ring (bicyclic) bond motifs is 1. The van der Waals surface area contributed by atoms with Crippen molar-refractivity contribution in [2.24, 2.45) is 0 Å². The molecule has 7 heteroatoms. The van der Waals surface area contributed by atoms with Crippen molar-refractivity contribution in [2.75, 3.05) is 64.5 Å². The first-order valence-corrected chi connectivity index (χ1v) is 11.5. The van der Waals surface area contributed by atoms with Crippen molar-refractivity contribution in [1.29, 1.82) is 0 Å². The maximum Gasteiger partial charge on any atom is 0.237 e. The first-order chi connectivity index (χ1) is 15.7. The molecular formula is C25H31N3O4. The lowest BCUT2D eigenvalue weighted by Gasteiger charge is -2.37. The molecular weight excluding hydrogens is 406 g/mol. The molecule has 2 aromatic carbocycles. The van der Waals surface area contributed by atoms with Gasteiger partial charge in [-0.05, 0) is 54.8 Å². The monoisotopic (exact) mass is 437 g/mol. The molecule has 32 heavy (non-hydrogen) atoms. The van der Waals surface area contributed by atoms with Crippen LogP contribution in [0.25, 0.3) is 0 Å². The summed E-state index contributed by atoms with van der Waals surface area (Å²) in [5.41, 5.74) is 2.35. The molecule has 7 nitrogen and oxygen atoms in total. The summed E-state index contributed by atoms with van der Waals surface area (Å²) in [5, 5.41) is 0. The van der Waals surface area contributed by atoms with E-state index in [9.17, 15) is 4.79 Å². The quantitative estimate of drug-likeness (QED) is 0.717. The van der Waals surface area contributed by atoms with Gasteiger partial charge in [0.25, 0.3) is 0 Å². The second-order valence-corrected chi connectivity index (χ2v) is 8.61. The normalized spacial score (nSPS) is 21.0. The standard InChI is InChI=1S/C25H31N3O4/c1-30-21-7-5-20(6-8-21)27-13-11-26(12-14-27)18-25(29)28-10-2-3-22(28)19-4-9-23-24(17-19)32-16-15-31-23/h4-9,17,22H,2-3,10-16,18H2,1H3. The Morgan fingerprint density at radius 3 is 2.47 bits per heavy atom. The van der Waals surface area contributed by atoms with Crippen molar-refractivity contribution in [1.82, 2.24) is 9.80 Å². The maximum absolute atomic E-state index is 13.2. The Bertz CT molecular complexity index is 941. The summed E-state index contributed by atoms with van der Waals surface area (Å²) in [4.78, 5) is 19.9. The van der Waals surface area contributed by atoms with Crippen LogP contribution >= 0.6 is 0 Å². The number of methoxy groups -OCH3 is 1. The number of carbonyl (C=O) groups excluding carboxylic acids is 1. The third-order valence-corrected chi connectivity index (χ3v) is 6.69. The van der Waals surface area contributed by atoms with Crippen LogP contribution in [-0.2, 0) is 4.79 Å². The highest BCUT2D eigenvalue weighted by atomic mass is 16.6. The van der Waals surface area contributed by atoms with Crippen LogP contribution in [0.1, 0.15) is 24.4 Å². The number of likely N-dealkylation sites (tertiary alicyclic amines) is 1. The van der Waals surface area contributed by atoms with Crippen molar-refractivity contribution in [3.05, 3.63) is 48.0 Å². The average molecular weight is 438 g/mol. The summed E-state index contributed by atoms with van der Waals surface area (Å²) in [7, 11) is 1.68. The Balaban J connectivity index is 1.18. The molecule has 1 atom stereocenters. The fraction of sp³-hybridized carbons (Fsp3) is 0.480. The van der Waals surface area contributed by atoms with Crippen LogP contribution in [0, 0.1) is 0 Å². The molecule has 2 aromatic rings. The largest absolute Gasteiger partial charge is 0.497 e. The van der Waals surface area contributed by atoms with Gasteiger partial charge in [-0.2, -0.15) is 0 Å². The van der Waals surface area contributed by atoms with E-state index in [1.54, 1.807) is 7.11 Å². The molecule has 5 rings (SSSR count).